The van der Waals surface area contributed by atoms with E-state index in [0.29, 0.717) is 11.1 Å². The van der Waals surface area contributed by atoms with Gasteiger partial charge in [0.25, 0.3) is 5.91 Å². The second-order valence-electron chi connectivity index (χ2n) is 7.96. The van der Waals surface area contributed by atoms with E-state index < -0.39 is 5.82 Å². The number of anilines is 1. The van der Waals surface area contributed by atoms with Gasteiger partial charge in [0.1, 0.15) is 5.82 Å². The summed E-state index contributed by atoms with van der Waals surface area (Å²) < 4.78 is 15.9. The first kappa shape index (κ1) is 19.4. The summed E-state index contributed by atoms with van der Waals surface area (Å²) in [6.07, 6.45) is 5.31. The van der Waals surface area contributed by atoms with Gasteiger partial charge in [-0.25, -0.2) is 4.39 Å². The fourth-order valence-corrected chi connectivity index (χ4v) is 4.32. The molecule has 2 aromatic carbocycles. The summed E-state index contributed by atoms with van der Waals surface area (Å²) in [5, 5.41) is 3.86. The van der Waals surface area contributed by atoms with Crippen LogP contribution in [0.25, 0.3) is 10.9 Å². The normalized spacial score (nSPS) is 14.9. The number of nitrogens with zero attached hydrogens (tertiary/aromatic N) is 1. The summed E-state index contributed by atoms with van der Waals surface area (Å²) in [6.45, 7) is 3.56. The van der Waals surface area contributed by atoms with E-state index in [-0.39, 0.29) is 23.3 Å². The molecule has 1 aromatic heterocycles. The van der Waals surface area contributed by atoms with Crippen LogP contribution < -0.4 is 5.32 Å². The van der Waals surface area contributed by atoms with E-state index in [4.69, 9.17) is 0 Å². The number of carbonyl (C=O) groups excluding carboxylic acids is 2. The number of hydrogen-bond donors (Lipinski definition) is 1. The number of carbonyl (C=O) groups is 2. The molecule has 0 unspecified atom stereocenters. The Morgan fingerprint density at radius 2 is 1.79 bits per heavy atom. The Balaban J connectivity index is 1.65. The molecule has 4 nitrogen and oxygen atoms in total. The number of amides is 1. The lowest BCUT2D eigenvalue weighted by Gasteiger charge is -2.20. The van der Waals surface area contributed by atoms with Crippen LogP contribution in [0.15, 0.2) is 42.5 Å². The molecular weight excluding hydrogens is 367 g/mol. The molecule has 5 heteroatoms. The molecule has 29 heavy (non-hydrogen) atoms. The molecule has 0 aliphatic heterocycles. The lowest BCUT2D eigenvalue weighted by molar-refractivity contribution is -0.120. The van der Waals surface area contributed by atoms with E-state index in [1.54, 1.807) is 25.1 Å². The first-order chi connectivity index (χ1) is 14.0. The molecule has 0 saturated heterocycles. The number of hydrogen-bond acceptors (Lipinski definition) is 2. The van der Waals surface area contributed by atoms with Gasteiger partial charge in [-0.2, -0.15) is 0 Å². The fourth-order valence-electron chi connectivity index (χ4n) is 4.32. The van der Waals surface area contributed by atoms with E-state index in [9.17, 15) is 14.0 Å². The van der Waals surface area contributed by atoms with E-state index >= 15 is 0 Å². The molecule has 1 N–H and O–H groups in total. The highest BCUT2D eigenvalue weighted by Gasteiger charge is 2.22. The molecule has 4 rings (SSSR count). The molecule has 0 radical (unpaired) electrons. The minimum absolute atomic E-state index is 0.0678. The Morgan fingerprint density at radius 1 is 1.03 bits per heavy atom. The molecule has 1 aliphatic rings. The van der Waals surface area contributed by atoms with Crippen molar-refractivity contribution >= 4 is 28.4 Å². The van der Waals surface area contributed by atoms with Crippen LogP contribution in [0.5, 0.6) is 0 Å². The number of rotatable bonds is 3. The highest BCUT2D eigenvalue weighted by Crippen LogP contribution is 2.28. The third-order valence-electron chi connectivity index (χ3n) is 5.87. The average Bonchev–Trinajstić information content (AvgIpc) is 3.03. The highest BCUT2D eigenvalue weighted by atomic mass is 19.1. The molecule has 1 saturated carbocycles. The van der Waals surface area contributed by atoms with Crippen molar-refractivity contribution in [1.82, 2.24) is 4.57 Å². The number of fused-ring (bicyclic) bond motifs is 1. The topological polar surface area (TPSA) is 51.1 Å². The maximum atomic E-state index is 14.3. The summed E-state index contributed by atoms with van der Waals surface area (Å²) in [6, 6.07) is 12.0. The molecule has 0 spiro atoms. The largest absolute Gasteiger partial charge is 0.326 e. The van der Waals surface area contributed by atoms with E-state index in [0.717, 1.165) is 42.5 Å². The van der Waals surface area contributed by atoms with Crippen LogP contribution in [0, 0.1) is 25.6 Å². The Morgan fingerprint density at radius 3 is 2.52 bits per heavy atom. The predicted molar refractivity (Wildman–Crippen MR) is 113 cm³/mol. The van der Waals surface area contributed by atoms with Gasteiger partial charge in [-0.15, -0.1) is 0 Å². The average molecular weight is 392 g/mol. The number of aryl methyl sites for hydroxylation is 2. The van der Waals surface area contributed by atoms with Crippen molar-refractivity contribution in [2.75, 3.05) is 5.32 Å². The van der Waals surface area contributed by atoms with Gasteiger partial charge in [-0.05, 0) is 62.6 Å². The molecule has 1 heterocycles. The zero-order chi connectivity index (χ0) is 20.5. The molecule has 1 aliphatic carbocycles. The van der Waals surface area contributed by atoms with Gasteiger partial charge in [0, 0.05) is 22.7 Å². The standard InChI is InChI=1S/C24H25FN2O2/c1-15-7-6-10-20(25)22(15)24(29)27-16(2)13-18-14-19(11-12-21(18)27)26-23(28)17-8-4-3-5-9-17/h6-7,10-14,17H,3-5,8-9H2,1-2H3,(H,26,28). The molecule has 150 valence electrons. The van der Waals surface area contributed by atoms with Crippen LogP contribution in [0.4, 0.5) is 10.1 Å². The number of halogens is 1. The fraction of sp³-hybridized carbons (Fsp3) is 0.333. The van der Waals surface area contributed by atoms with Crippen LogP contribution in [-0.4, -0.2) is 16.4 Å². The van der Waals surface area contributed by atoms with Gasteiger partial charge >= 0.3 is 0 Å². The second kappa shape index (κ2) is 7.82. The lowest BCUT2D eigenvalue weighted by Crippen LogP contribution is -2.24. The van der Waals surface area contributed by atoms with E-state index in [1.807, 2.05) is 25.1 Å². The Hall–Kier alpha value is -2.95. The van der Waals surface area contributed by atoms with Crippen molar-refractivity contribution in [3.63, 3.8) is 0 Å². The SMILES string of the molecule is Cc1cccc(F)c1C(=O)n1c(C)cc2cc(NC(=O)C3CCCCC3)ccc21. The first-order valence-corrected chi connectivity index (χ1v) is 10.2. The van der Waals surface area contributed by atoms with Crippen molar-refractivity contribution in [3.05, 3.63) is 65.1 Å². The van der Waals surface area contributed by atoms with Gasteiger partial charge in [-0.3, -0.25) is 14.2 Å². The third-order valence-corrected chi connectivity index (χ3v) is 5.87. The minimum atomic E-state index is -0.521. The van der Waals surface area contributed by atoms with Gasteiger partial charge in [0.2, 0.25) is 5.91 Å². The maximum absolute atomic E-state index is 14.3. The molecular formula is C24H25FN2O2. The van der Waals surface area contributed by atoms with Crippen molar-refractivity contribution in [3.8, 4) is 0 Å². The van der Waals surface area contributed by atoms with Gasteiger partial charge in [0.05, 0.1) is 11.1 Å². The second-order valence-corrected chi connectivity index (χ2v) is 7.96. The van der Waals surface area contributed by atoms with E-state index in [2.05, 4.69) is 5.32 Å². The van der Waals surface area contributed by atoms with Crippen molar-refractivity contribution in [2.45, 2.75) is 46.0 Å². The van der Waals surface area contributed by atoms with Crippen LogP contribution in [-0.2, 0) is 4.79 Å². The van der Waals surface area contributed by atoms with Crippen LogP contribution in [0.2, 0.25) is 0 Å². The Bertz CT molecular complexity index is 1070. The minimum Gasteiger partial charge on any atom is -0.326 e. The predicted octanol–water partition coefficient (Wildman–Crippen LogP) is 5.60. The highest BCUT2D eigenvalue weighted by molar-refractivity contribution is 6.05. The van der Waals surface area contributed by atoms with Gasteiger partial charge in [-0.1, -0.05) is 31.4 Å². The Kier molecular flexibility index (Phi) is 5.22. The quantitative estimate of drug-likeness (QED) is 0.630. The molecule has 3 aromatic rings. The van der Waals surface area contributed by atoms with Crippen LogP contribution in [0.3, 0.4) is 0 Å². The molecule has 0 atom stereocenters. The summed E-state index contributed by atoms with van der Waals surface area (Å²) >= 11 is 0. The molecule has 1 fully saturated rings. The number of benzene rings is 2. The van der Waals surface area contributed by atoms with Crippen LogP contribution in [0.1, 0.15) is 53.7 Å². The Labute approximate surface area is 169 Å². The van der Waals surface area contributed by atoms with Crippen molar-refractivity contribution in [1.29, 1.82) is 0 Å². The summed E-state index contributed by atoms with van der Waals surface area (Å²) in [7, 11) is 0. The molecule has 1 amide bonds. The molecule has 0 bridgehead atoms. The van der Waals surface area contributed by atoms with Crippen LogP contribution >= 0.6 is 0 Å². The zero-order valence-electron chi connectivity index (χ0n) is 16.8. The summed E-state index contributed by atoms with van der Waals surface area (Å²) in [5.41, 5.74) is 2.84. The van der Waals surface area contributed by atoms with Crippen molar-refractivity contribution in [2.24, 2.45) is 5.92 Å². The maximum Gasteiger partial charge on any atom is 0.265 e. The monoisotopic (exact) mass is 392 g/mol. The van der Waals surface area contributed by atoms with Gasteiger partial charge in [0.15, 0.2) is 0 Å². The van der Waals surface area contributed by atoms with Gasteiger partial charge < -0.3 is 5.32 Å². The number of aromatic nitrogens is 1. The third kappa shape index (κ3) is 3.69. The smallest absolute Gasteiger partial charge is 0.265 e. The van der Waals surface area contributed by atoms with E-state index in [1.165, 1.54) is 17.1 Å². The van der Waals surface area contributed by atoms with Crippen molar-refractivity contribution < 1.29 is 14.0 Å². The first-order valence-electron chi connectivity index (χ1n) is 10.2. The lowest BCUT2D eigenvalue weighted by atomic mass is 9.88. The zero-order valence-corrected chi connectivity index (χ0v) is 16.8. The summed E-state index contributed by atoms with van der Waals surface area (Å²) in [4.78, 5) is 25.6. The number of nitrogens with one attached hydrogen (secondary N) is 1. The summed E-state index contributed by atoms with van der Waals surface area (Å²) in [5.74, 6) is -0.755.